The minimum absolute atomic E-state index is 0.384. The minimum Gasteiger partial charge on any atom is -0.368 e. The number of nitrogens with zero attached hydrogens (tertiary/aromatic N) is 3. The van der Waals surface area contributed by atoms with Crippen molar-refractivity contribution in [1.82, 2.24) is 9.97 Å². The highest BCUT2D eigenvalue weighted by molar-refractivity contribution is 5.90. The molecular weight excluding hydrogens is 236 g/mol. The van der Waals surface area contributed by atoms with Gasteiger partial charge in [-0.15, -0.1) is 0 Å². The van der Waals surface area contributed by atoms with Gasteiger partial charge in [0.15, 0.2) is 0 Å². The Morgan fingerprint density at radius 2 is 1.89 bits per heavy atom. The Bertz CT molecular complexity index is 617. The lowest BCUT2D eigenvalue weighted by Gasteiger charge is -2.24. The molecule has 19 heavy (non-hydrogen) atoms. The van der Waals surface area contributed by atoms with Crippen LogP contribution < -0.4 is 10.6 Å². The van der Waals surface area contributed by atoms with Gasteiger partial charge in [-0.2, -0.15) is 4.98 Å². The van der Waals surface area contributed by atoms with E-state index in [1.807, 2.05) is 18.2 Å². The molecule has 1 heterocycles. The van der Waals surface area contributed by atoms with Crippen LogP contribution in [0.5, 0.6) is 0 Å². The fourth-order valence-corrected chi connectivity index (χ4v) is 2.67. The van der Waals surface area contributed by atoms with E-state index in [0.29, 0.717) is 12.0 Å². The number of para-hydroxylation sites is 1. The standard InChI is InChI=1S/C15H18N4/c16-15-17-13-4-2-1-3-12(13)14(18-15)19(11-7-8-11)9-10-5-6-10/h1-4,10-11H,5-9H2,(H2,16,17,18). The lowest BCUT2D eigenvalue weighted by molar-refractivity contribution is 0.712. The number of nitrogen functional groups attached to an aromatic ring is 1. The highest BCUT2D eigenvalue weighted by Gasteiger charge is 2.35. The molecule has 2 aliphatic carbocycles. The van der Waals surface area contributed by atoms with Crippen molar-refractivity contribution in [2.45, 2.75) is 31.7 Å². The molecule has 4 rings (SSSR count). The molecule has 0 aliphatic heterocycles. The summed E-state index contributed by atoms with van der Waals surface area (Å²) in [6, 6.07) is 8.83. The zero-order valence-electron chi connectivity index (χ0n) is 10.9. The van der Waals surface area contributed by atoms with Crippen molar-refractivity contribution in [1.29, 1.82) is 0 Å². The van der Waals surface area contributed by atoms with Crippen LogP contribution in [0.3, 0.4) is 0 Å². The molecule has 2 N–H and O–H groups in total. The van der Waals surface area contributed by atoms with Crippen LogP contribution >= 0.6 is 0 Å². The summed E-state index contributed by atoms with van der Waals surface area (Å²) in [5.41, 5.74) is 6.83. The third kappa shape index (κ3) is 2.11. The van der Waals surface area contributed by atoms with E-state index in [1.54, 1.807) is 0 Å². The van der Waals surface area contributed by atoms with E-state index in [9.17, 15) is 0 Å². The van der Waals surface area contributed by atoms with Crippen LogP contribution in [-0.2, 0) is 0 Å². The molecule has 0 radical (unpaired) electrons. The average molecular weight is 254 g/mol. The van der Waals surface area contributed by atoms with E-state index in [2.05, 4.69) is 20.9 Å². The molecular formula is C15H18N4. The molecule has 4 heteroatoms. The number of hydrogen-bond acceptors (Lipinski definition) is 4. The maximum atomic E-state index is 5.88. The molecule has 0 saturated heterocycles. The van der Waals surface area contributed by atoms with Crippen molar-refractivity contribution in [2.24, 2.45) is 5.92 Å². The predicted octanol–water partition coefficient (Wildman–Crippen LogP) is 2.59. The molecule has 0 unspecified atom stereocenters. The maximum Gasteiger partial charge on any atom is 0.222 e. The second kappa shape index (κ2) is 4.08. The molecule has 0 atom stereocenters. The van der Waals surface area contributed by atoms with Crippen molar-refractivity contribution in [3.05, 3.63) is 24.3 Å². The van der Waals surface area contributed by atoms with Crippen LogP contribution in [0.4, 0.5) is 11.8 Å². The second-order valence-corrected chi connectivity index (χ2v) is 5.75. The van der Waals surface area contributed by atoms with Gasteiger partial charge < -0.3 is 10.6 Å². The van der Waals surface area contributed by atoms with E-state index < -0.39 is 0 Å². The van der Waals surface area contributed by atoms with E-state index in [4.69, 9.17) is 5.73 Å². The van der Waals surface area contributed by atoms with Crippen molar-refractivity contribution >= 4 is 22.7 Å². The summed E-state index contributed by atoms with van der Waals surface area (Å²) in [6.45, 7) is 1.13. The first-order valence-corrected chi connectivity index (χ1v) is 7.10. The summed E-state index contributed by atoms with van der Waals surface area (Å²) >= 11 is 0. The Balaban J connectivity index is 1.82. The first-order valence-electron chi connectivity index (χ1n) is 7.10. The summed E-state index contributed by atoms with van der Waals surface area (Å²) in [4.78, 5) is 11.3. The third-order valence-electron chi connectivity index (χ3n) is 4.01. The Kier molecular flexibility index (Phi) is 2.37. The monoisotopic (exact) mass is 254 g/mol. The maximum absolute atomic E-state index is 5.88. The zero-order chi connectivity index (χ0) is 12.8. The van der Waals surface area contributed by atoms with E-state index in [1.165, 1.54) is 25.7 Å². The van der Waals surface area contributed by atoms with Crippen LogP contribution in [0.25, 0.3) is 10.9 Å². The summed E-state index contributed by atoms with van der Waals surface area (Å²) in [7, 11) is 0. The molecule has 2 aromatic rings. The number of benzene rings is 1. The van der Waals surface area contributed by atoms with Crippen LogP contribution in [0, 0.1) is 5.92 Å². The largest absolute Gasteiger partial charge is 0.368 e. The Labute approximate surface area is 112 Å². The van der Waals surface area contributed by atoms with Crippen molar-refractivity contribution in [2.75, 3.05) is 17.2 Å². The van der Waals surface area contributed by atoms with Gasteiger partial charge in [0.2, 0.25) is 5.95 Å². The summed E-state index contributed by atoms with van der Waals surface area (Å²) in [5, 5.41) is 1.13. The van der Waals surface area contributed by atoms with Crippen LogP contribution in [-0.4, -0.2) is 22.6 Å². The molecule has 4 nitrogen and oxygen atoms in total. The average Bonchev–Trinajstić information content (AvgIpc) is 3.26. The van der Waals surface area contributed by atoms with Gasteiger partial charge in [-0.25, -0.2) is 4.98 Å². The third-order valence-corrected chi connectivity index (χ3v) is 4.01. The molecule has 98 valence electrons. The number of hydrogen-bond donors (Lipinski definition) is 1. The van der Waals surface area contributed by atoms with Gasteiger partial charge in [0, 0.05) is 18.0 Å². The number of nitrogens with two attached hydrogens (primary N) is 1. The Morgan fingerprint density at radius 3 is 2.63 bits per heavy atom. The Hall–Kier alpha value is -1.84. The molecule has 0 amide bonds. The zero-order valence-corrected chi connectivity index (χ0v) is 10.9. The predicted molar refractivity (Wildman–Crippen MR) is 77.0 cm³/mol. The minimum atomic E-state index is 0.384. The lowest BCUT2D eigenvalue weighted by Crippen LogP contribution is -2.29. The first-order chi connectivity index (χ1) is 9.31. The van der Waals surface area contributed by atoms with Gasteiger partial charge in [-0.3, -0.25) is 0 Å². The number of aromatic nitrogens is 2. The van der Waals surface area contributed by atoms with Gasteiger partial charge in [0.1, 0.15) is 5.82 Å². The van der Waals surface area contributed by atoms with E-state index in [-0.39, 0.29) is 0 Å². The SMILES string of the molecule is Nc1nc(N(CC2CC2)C2CC2)c2ccccc2n1. The van der Waals surface area contributed by atoms with Crippen LogP contribution in [0.1, 0.15) is 25.7 Å². The van der Waals surface area contributed by atoms with Crippen LogP contribution in [0.15, 0.2) is 24.3 Å². The Morgan fingerprint density at radius 1 is 1.11 bits per heavy atom. The molecule has 2 saturated carbocycles. The van der Waals surface area contributed by atoms with Crippen molar-refractivity contribution in [3.8, 4) is 0 Å². The molecule has 2 aliphatic rings. The fraction of sp³-hybridized carbons (Fsp3) is 0.467. The molecule has 0 bridgehead atoms. The van der Waals surface area contributed by atoms with Crippen LogP contribution in [0.2, 0.25) is 0 Å². The molecule has 2 fully saturated rings. The summed E-state index contributed by atoms with van der Waals surface area (Å²) in [5.74, 6) is 2.28. The number of anilines is 2. The summed E-state index contributed by atoms with van der Waals surface area (Å²) in [6.07, 6.45) is 5.29. The van der Waals surface area contributed by atoms with Gasteiger partial charge in [0.05, 0.1) is 5.52 Å². The van der Waals surface area contributed by atoms with Gasteiger partial charge >= 0.3 is 0 Å². The van der Waals surface area contributed by atoms with E-state index in [0.717, 1.165) is 29.2 Å². The van der Waals surface area contributed by atoms with Gasteiger partial charge in [-0.1, -0.05) is 12.1 Å². The van der Waals surface area contributed by atoms with Crippen molar-refractivity contribution < 1.29 is 0 Å². The topological polar surface area (TPSA) is 55.0 Å². The van der Waals surface area contributed by atoms with Gasteiger partial charge in [-0.05, 0) is 43.7 Å². The highest BCUT2D eigenvalue weighted by Crippen LogP contribution is 2.39. The molecule has 0 spiro atoms. The second-order valence-electron chi connectivity index (χ2n) is 5.75. The highest BCUT2D eigenvalue weighted by atomic mass is 15.3. The van der Waals surface area contributed by atoms with Gasteiger partial charge in [0.25, 0.3) is 0 Å². The smallest absolute Gasteiger partial charge is 0.222 e. The lowest BCUT2D eigenvalue weighted by atomic mass is 10.2. The number of rotatable bonds is 4. The normalized spacial score (nSPS) is 18.7. The summed E-state index contributed by atoms with van der Waals surface area (Å²) < 4.78 is 0. The molecule has 1 aromatic carbocycles. The quantitative estimate of drug-likeness (QED) is 0.911. The van der Waals surface area contributed by atoms with E-state index >= 15 is 0 Å². The fourth-order valence-electron chi connectivity index (χ4n) is 2.67. The number of fused-ring (bicyclic) bond motifs is 1. The van der Waals surface area contributed by atoms with Crippen molar-refractivity contribution in [3.63, 3.8) is 0 Å². The first kappa shape index (κ1) is 11.0. The molecule has 1 aromatic heterocycles.